The summed E-state index contributed by atoms with van der Waals surface area (Å²) in [6.07, 6.45) is 2.76. The van der Waals surface area contributed by atoms with Gasteiger partial charge in [-0.2, -0.15) is 0 Å². The topological polar surface area (TPSA) is 15.3 Å². The molecule has 2 fully saturated rings. The summed E-state index contributed by atoms with van der Waals surface area (Å²) in [6, 6.07) is 12.3. The zero-order valence-corrected chi connectivity index (χ0v) is 12.2. The lowest BCUT2D eigenvalue weighted by atomic mass is 9.86. The maximum Gasteiger partial charge on any atom is 0.0279 e. The average molecular weight is 258 g/mol. The molecule has 0 radical (unpaired) electrons. The highest BCUT2D eigenvalue weighted by Crippen LogP contribution is 2.34. The minimum absolute atomic E-state index is 0.700. The summed E-state index contributed by atoms with van der Waals surface area (Å²) in [7, 11) is 0. The molecule has 0 saturated carbocycles. The lowest BCUT2D eigenvalue weighted by molar-refractivity contribution is 0.177. The van der Waals surface area contributed by atoms with Crippen LogP contribution in [0.2, 0.25) is 0 Å². The summed E-state index contributed by atoms with van der Waals surface area (Å²) in [4.78, 5) is 2.72. The van der Waals surface area contributed by atoms with Crippen LogP contribution in [0.1, 0.15) is 32.3 Å². The highest BCUT2D eigenvalue weighted by Gasteiger charge is 2.43. The summed E-state index contributed by atoms with van der Waals surface area (Å²) in [5.74, 6) is 1.59. The minimum atomic E-state index is 0.700. The molecule has 2 saturated heterocycles. The lowest BCUT2D eigenvalue weighted by Gasteiger charge is -2.34. The molecule has 3 unspecified atom stereocenters. The van der Waals surface area contributed by atoms with Gasteiger partial charge in [0.05, 0.1) is 0 Å². The Hall–Kier alpha value is -0.860. The van der Waals surface area contributed by atoms with Crippen molar-refractivity contribution in [3.63, 3.8) is 0 Å². The van der Waals surface area contributed by atoms with Crippen LogP contribution >= 0.6 is 0 Å². The second-order valence-corrected chi connectivity index (χ2v) is 6.53. The fraction of sp³-hybridized carbons (Fsp3) is 0.647. The van der Waals surface area contributed by atoms with Crippen molar-refractivity contribution in [1.29, 1.82) is 0 Å². The molecule has 2 aliphatic heterocycles. The summed E-state index contributed by atoms with van der Waals surface area (Å²) in [6.45, 7) is 8.35. The molecule has 0 aromatic heterocycles. The fourth-order valence-corrected chi connectivity index (χ4v) is 4.06. The molecule has 1 aromatic rings. The highest BCUT2D eigenvalue weighted by molar-refractivity contribution is 5.15. The van der Waals surface area contributed by atoms with Gasteiger partial charge in [0.15, 0.2) is 0 Å². The Labute approximate surface area is 117 Å². The summed E-state index contributed by atoms with van der Waals surface area (Å²) >= 11 is 0. The number of hydrogen-bond donors (Lipinski definition) is 1. The molecule has 3 atom stereocenters. The van der Waals surface area contributed by atoms with Gasteiger partial charge in [0, 0.05) is 25.2 Å². The van der Waals surface area contributed by atoms with Crippen LogP contribution in [0.15, 0.2) is 30.3 Å². The van der Waals surface area contributed by atoms with Crippen molar-refractivity contribution in [1.82, 2.24) is 10.2 Å². The van der Waals surface area contributed by atoms with E-state index in [4.69, 9.17) is 0 Å². The van der Waals surface area contributed by atoms with Crippen LogP contribution in [-0.4, -0.2) is 30.1 Å². The number of nitrogens with one attached hydrogen (secondary N) is 1. The van der Waals surface area contributed by atoms with Gasteiger partial charge in [-0.25, -0.2) is 0 Å². The van der Waals surface area contributed by atoms with E-state index in [0.717, 1.165) is 24.4 Å². The SMILES string of the molecule is CC(C)C1C2NCCCC2CN1Cc1ccccc1. The first-order valence-electron chi connectivity index (χ1n) is 7.77. The van der Waals surface area contributed by atoms with Crippen molar-refractivity contribution >= 4 is 0 Å². The number of benzene rings is 1. The smallest absolute Gasteiger partial charge is 0.0279 e. The van der Waals surface area contributed by atoms with E-state index >= 15 is 0 Å². The van der Waals surface area contributed by atoms with Crippen molar-refractivity contribution in [3.05, 3.63) is 35.9 Å². The molecular weight excluding hydrogens is 232 g/mol. The van der Waals surface area contributed by atoms with E-state index in [9.17, 15) is 0 Å². The fourth-order valence-electron chi connectivity index (χ4n) is 4.06. The van der Waals surface area contributed by atoms with Crippen molar-refractivity contribution in [2.75, 3.05) is 13.1 Å². The quantitative estimate of drug-likeness (QED) is 0.897. The molecule has 2 aliphatic rings. The number of nitrogens with zero attached hydrogens (tertiary/aromatic N) is 1. The number of rotatable bonds is 3. The van der Waals surface area contributed by atoms with E-state index < -0.39 is 0 Å². The number of hydrogen-bond acceptors (Lipinski definition) is 2. The third-order valence-electron chi connectivity index (χ3n) is 4.81. The Morgan fingerprint density at radius 1 is 1.26 bits per heavy atom. The lowest BCUT2D eigenvalue weighted by Crippen LogP contribution is -2.49. The first-order chi connectivity index (χ1) is 9.25. The number of piperidine rings is 1. The maximum atomic E-state index is 3.79. The molecule has 19 heavy (non-hydrogen) atoms. The Balaban J connectivity index is 1.76. The van der Waals surface area contributed by atoms with E-state index in [1.54, 1.807) is 0 Å². The van der Waals surface area contributed by atoms with Crippen LogP contribution in [0.3, 0.4) is 0 Å². The average Bonchev–Trinajstić information content (AvgIpc) is 2.77. The van der Waals surface area contributed by atoms with Gasteiger partial charge in [0.25, 0.3) is 0 Å². The van der Waals surface area contributed by atoms with Gasteiger partial charge in [0.1, 0.15) is 0 Å². The van der Waals surface area contributed by atoms with Crippen LogP contribution in [0.25, 0.3) is 0 Å². The van der Waals surface area contributed by atoms with Gasteiger partial charge < -0.3 is 5.32 Å². The van der Waals surface area contributed by atoms with E-state index in [0.29, 0.717) is 6.04 Å². The second-order valence-electron chi connectivity index (χ2n) is 6.53. The van der Waals surface area contributed by atoms with Gasteiger partial charge in [0.2, 0.25) is 0 Å². The predicted molar refractivity (Wildman–Crippen MR) is 80.0 cm³/mol. The Kier molecular flexibility index (Phi) is 3.90. The monoisotopic (exact) mass is 258 g/mol. The van der Waals surface area contributed by atoms with Gasteiger partial charge in [-0.1, -0.05) is 44.2 Å². The highest BCUT2D eigenvalue weighted by atomic mass is 15.2. The standard InChI is InChI=1S/C17H26N2/c1-13(2)17-16-15(9-6-10-18-16)12-19(17)11-14-7-4-3-5-8-14/h3-5,7-8,13,15-18H,6,9-12H2,1-2H3. The Morgan fingerprint density at radius 3 is 2.79 bits per heavy atom. The predicted octanol–water partition coefficient (Wildman–Crippen LogP) is 2.90. The molecular formula is C17H26N2. The molecule has 3 rings (SSSR count). The van der Waals surface area contributed by atoms with Crippen LogP contribution in [0.4, 0.5) is 0 Å². The van der Waals surface area contributed by atoms with Crippen LogP contribution < -0.4 is 5.32 Å². The second kappa shape index (κ2) is 5.64. The molecule has 2 heteroatoms. The molecule has 104 valence electrons. The Bertz CT molecular complexity index is 401. The largest absolute Gasteiger partial charge is 0.312 e. The Morgan fingerprint density at radius 2 is 2.05 bits per heavy atom. The molecule has 0 aliphatic carbocycles. The molecule has 1 N–H and O–H groups in total. The molecule has 0 bridgehead atoms. The molecule has 1 aromatic carbocycles. The molecule has 0 spiro atoms. The number of fused-ring (bicyclic) bond motifs is 1. The molecule has 2 nitrogen and oxygen atoms in total. The first-order valence-corrected chi connectivity index (χ1v) is 7.77. The summed E-state index contributed by atoms with van der Waals surface area (Å²) in [5, 5.41) is 3.79. The molecule has 2 heterocycles. The van der Waals surface area contributed by atoms with Gasteiger partial charge >= 0.3 is 0 Å². The van der Waals surface area contributed by atoms with E-state index in [2.05, 4.69) is 54.4 Å². The van der Waals surface area contributed by atoms with Crippen molar-refractivity contribution in [2.45, 2.75) is 45.3 Å². The van der Waals surface area contributed by atoms with Gasteiger partial charge in [-0.05, 0) is 36.8 Å². The zero-order valence-electron chi connectivity index (χ0n) is 12.2. The van der Waals surface area contributed by atoms with Crippen LogP contribution in [0.5, 0.6) is 0 Å². The van der Waals surface area contributed by atoms with Crippen molar-refractivity contribution < 1.29 is 0 Å². The van der Waals surface area contributed by atoms with E-state index in [1.165, 1.54) is 31.5 Å². The number of likely N-dealkylation sites (tertiary alicyclic amines) is 1. The van der Waals surface area contributed by atoms with Gasteiger partial charge in [-0.3, -0.25) is 4.90 Å². The third-order valence-corrected chi connectivity index (χ3v) is 4.81. The van der Waals surface area contributed by atoms with Crippen molar-refractivity contribution in [3.8, 4) is 0 Å². The summed E-state index contributed by atoms with van der Waals surface area (Å²) < 4.78 is 0. The summed E-state index contributed by atoms with van der Waals surface area (Å²) in [5.41, 5.74) is 1.45. The van der Waals surface area contributed by atoms with Gasteiger partial charge in [-0.15, -0.1) is 0 Å². The van der Waals surface area contributed by atoms with Crippen molar-refractivity contribution in [2.24, 2.45) is 11.8 Å². The zero-order chi connectivity index (χ0) is 13.2. The molecule has 0 amide bonds. The van der Waals surface area contributed by atoms with E-state index in [1.807, 2.05) is 0 Å². The van der Waals surface area contributed by atoms with Crippen LogP contribution in [0, 0.1) is 11.8 Å². The third kappa shape index (κ3) is 2.70. The van der Waals surface area contributed by atoms with Crippen LogP contribution in [-0.2, 0) is 6.54 Å². The maximum absolute atomic E-state index is 3.79. The minimum Gasteiger partial charge on any atom is -0.312 e. The normalized spacial score (nSPS) is 31.6. The first kappa shape index (κ1) is 13.1. The van der Waals surface area contributed by atoms with E-state index in [-0.39, 0.29) is 0 Å².